The number of hydrogen-bond acceptors (Lipinski definition) is 1. The van der Waals surface area contributed by atoms with Crippen LogP contribution >= 0.6 is 0 Å². The molecule has 0 amide bonds. The van der Waals surface area contributed by atoms with Crippen molar-refractivity contribution in [2.24, 2.45) is 5.92 Å². The molecule has 0 aliphatic carbocycles. The van der Waals surface area contributed by atoms with E-state index in [1.807, 2.05) is 0 Å². The summed E-state index contributed by atoms with van der Waals surface area (Å²) < 4.78 is 0. The molecular formula is C17H35N. The van der Waals surface area contributed by atoms with Gasteiger partial charge in [0.25, 0.3) is 0 Å². The molecular weight excluding hydrogens is 218 g/mol. The molecule has 0 saturated carbocycles. The fourth-order valence-electron chi connectivity index (χ4n) is 3.55. The Bertz CT molecular complexity index is 190. The second kappa shape index (κ2) is 9.83. The summed E-state index contributed by atoms with van der Waals surface area (Å²) in [5.74, 6) is 0.987. The SMILES string of the molecule is CCCCCCC(CCCCC)C1CCCN1C. The molecule has 1 heteroatoms. The summed E-state index contributed by atoms with van der Waals surface area (Å²) >= 11 is 0. The second-order valence-corrected chi connectivity index (χ2v) is 6.30. The topological polar surface area (TPSA) is 3.24 Å². The van der Waals surface area contributed by atoms with Crippen molar-refractivity contribution in [1.82, 2.24) is 4.90 Å². The van der Waals surface area contributed by atoms with Crippen LogP contribution in [0.1, 0.15) is 84.5 Å². The van der Waals surface area contributed by atoms with Crippen molar-refractivity contribution < 1.29 is 0 Å². The van der Waals surface area contributed by atoms with E-state index in [1.54, 1.807) is 0 Å². The summed E-state index contributed by atoms with van der Waals surface area (Å²) in [4.78, 5) is 2.64. The number of rotatable bonds is 10. The van der Waals surface area contributed by atoms with Crippen molar-refractivity contribution in [2.45, 2.75) is 90.5 Å². The minimum atomic E-state index is 0.906. The van der Waals surface area contributed by atoms with E-state index in [0.717, 1.165) is 12.0 Å². The molecule has 18 heavy (non-hydrogen) atoms. The maximum atomic E-state index is 2.64. The molecule has 1 saturated heterocycles. The number of hydrogen-bond donors (Lipinski definition) is 0. The molecule has 0 spiro atoms. The molecule has 1 nitrogen and oxygen atoms in total. The predicted octanol–water partition coefficient (Wildman–Crippen LogP) is 5.25. The lowest BCUT2D eigenvalue weighted by Crippen LogP contribution is -2.32. The Labute approximate surface area is 115 Å². The molecule has 1 aliphatic rings. The van der Waals surface area contributed by atoms with Gasteiger partial charge < -0.3 is 4.90 Å². The molecule has 0 aromatic carbocycles. The Morgan fingerprint density at radius 1 is 0.944 bits per heavy atom. The van der Waals surface area contributed by atoms with Crippen LogP contribution in [0.5, 0.6) is 0 Å². The Hall–Kier alpha value is -0.0400. The van der Waals surface area contributed by atoms with Gasteiger partial charge in [0.15, 0.2) is 0 Å². The third-order valence-electron chi connectivity index (χ3n) is 4.73. The van der Waals surface area contributed by atoms with Crippen LogP contribution in [0.3, 0.4) is 0 Å². The lowest BCUT2D eigenvalue weighted by Gasteiger charge is -2.29. The predicted molar refractivity (Wildman–Crippen MR) is 82.0 cm³/mol. The highest BCUT2D eigenvalue weighted by atomic mass is 15.1. The lowest BCUT2D eigenvalue weighted by molar-refractivity contribution is 0.200. The highest BCUT2D eigenvalue weighted by molar-refractivity contribution is 4.83. The van der Waals surface area contributed by atoms with E-state index in [2.05, 4.69) is 25.8 Å². The van der Waals surface area contributed by atoms with Gasteiger partial charge in [-0.1, -0.05) is 58.8 Å². The quantitative estimate of drug-likeness (QED) is 0.481. The van der Waals surface area contributed by atoms with Crippen molar-refractivity contribution in [1.29, 1.82) is 0 Å². The number of unbranched alkanes of at least 4 members (excludes halogenated alkanes) is 5. The van der Waals surface area contributed by atoms with Crippen LogP contribution in [0.2, 0.25) is 0 Å². The summed E-state index contributed by atoms with van der Waals surface area (Å²) in [5.41, 5.74) is 0. The van der Waals surface area contributed by atoms with E-state index in [-0.39, 0.29) is 0 Å². The van der Waals surface area contributed by atoms with E-state index < -0.39 is 0 Å². The van der Waals surface area contributed by atoms with Crippen molar-refractivity contribution in [3.05, 3.63) is 0 Å². The zero-order chi connectivity index (χ0) is 13.2. The minimum Gasteiger partial charge on any atom is -0.303 e. The van der Waals surface area contributed by atoms with Gasteiger partial charge in [0.2, 0.25) is 0 Å². The Kier molecular flexibility index (Phi) is 8.75. The molecule has 0 radical (unpaired) electrons. The fraction of sp³-hybridized carbons (Fsp3) is 1.00. The van der Waals surface area contributed by atoms with Crippen molar-refractivity contribution in [3.8, 4) is 0 Å². The first kappa shape index (κ1) is 16.0. The van der Waals surface area contributed by atoms with Gasteiger partial charge in [-0.25, -0.2) is 0 Å². The van der Waals surface area contributed by atoms with Crippen molar-refractivity contribution >= 4 is 0 Å². The number of nitrogens with zero attached hydrogens (tertiary/aromatic N) is 1. The summed E-state index contributed by atoms with van der Waals surface area (Å²) in [5, 5.41) is 0. The molecule has 0 bridgehead atoms. The van der Waals surface area contributed by atoms with Gasteiger partial charge in [-0.05, 0) is 45.2 Å². The molecule has 1 heterocycles. The third kappa shape index (κ3) is 5.73. The Morgan fingerprint density at radius 3 is 2.11 bits per heavy atom. The van der Waals surface area contributed by atoms with E-state index in [4.69, 9.17) is 0 Å². The van der Waals surface area contributed by atoms with E-state index >= 15 is 0 Å². The van der Waals surface area contributed by atoms with Crippen LogP contribution in [0.4, 0.5) is 0 Å². The first-order valence-electron chi connectivity index (χ1n) is 8.49. The third-order valence-corrected chi connectivity index (χ3v) is 4.73. The summed E-state index contributed by atoms with van der Waals surface area (Å²) in [6.07, 6.45) is 15.8. The van der Waals surface area contributed by atoms with Gasteiger partial charge in [0.1, 0.15) is 0 Å². The van der Waals surface area contributed by atoms with Gasteiger partial charge in [0.05, 0.1) is 0 Å². The zero-order valence-electron chi connectivity index (χ0n) is 13.1. The molecule has 2 atom stereocenters. The van der Waals surface area contributed by atoms with Gasteiger partial charge >= 0.3 is 0 Å². The highest BCUT2D eigenvalue weighted by Gasteiger charge is 2.28. The van der Waals surface area contributed by atoms with Crippen molar-refractivity contribution in [3.63, 3.8) is 0 Å². The first-order valence-corrected chi connectivity index (χ1v) is 8.49. The van der Waals surface area contributed by atoms with Crippen LogP contribution in [-0.4, -0.2) is 24.5 Å². The van der Waals surface area contributed by atoms with E-state index in [9.17, 15) is 0 Å². The molecule has 1 aliphatic heterocycles. The Morgan fingerprint density at radius 2 is 1.56 bits per heavy atom. The maximum absolute atomic E-state index is 2.64. The molecule has 1 fully saturated rings. The molecule has 0 aromatic rings. The fourth-order valence-corrected chi connectivity index (χ4v) is 3.55. The van der Waals surface area contributed by atoms with E-state index in [1.165, 1.54) is 77.2 Å². The van der Waals surface area contributed by atoms with Crippen LogP contribution in [-0.2, 0) is 0 Å². The molecule has 2 unspecified atom stereocenters. The zero-order valence-corrected chi connectivity index (χ0v) is 13.1. The average Bonchev–Trinajstić information content (AvgIpc) is 2.79. The molecule has 108 valence electrons. The van der Waals surface area contributed by atoms with Crippen LogP contribution in [0.25, 0.3) is 0 Å². The van der Waals surface area contributed by atoms with Crippen molar-refractivity contribution in [2.75, 3.05) is 13.6 Å². The summed E-state index contributed by atoms with van der Waals surface area (Å²) in [7, 11) is 2.34. The lowest BCUT2D eigenvalue weighted by atomic mass is 9.87. The smallest absolute Gasteiger partial charge is 0.0121 e. The van der Waals surface area contributed by atoms with Gasteiger partial charge in [-0.2, -0.15) is 0 Å². The molecule has 0 N–H and O–H groups in total. The molecule has 0 aromatic heterocycles. The number of likely N-dealkylation sites (tertiary alicyclic amines) is 1. The van der Waals surface area contributed by atoms with Gasteiger partial charge in [-0.15, -0.1) is 0 Å². The van der Waals surface area contributed by atoms with Crippen LogP contribution in [0, 0.1) is 5.92 Å². The first-order chi connectivity index (χ1) is 8.79. The Balaban J connectivity index is 2.31. The average molecular weight is 253 g/mol. The highest BCUT2D eigenvalue weighted by Crippen LogP contribution is 2.30. The maximum Gasteiger partial charge on any atom is 0.0121 e. The van der Waals surface area contributed by atoms with Gasteiger partial charge in [-0.3, -0.25) is 0 Å². The normalized spacial score (nSPS) is 22.5. The monoisotopic (exact) mass is 253 g/mol. The summed E-state index contributed by atoms with van der Waals surface area (Å²) in [6.45, 7) is 5.96. The van der Waals surface area contributed by atoms with Crippen LogP contribution in [0.15, 0.2) is 0 Å². The van der Waals surface area contributed by atoms with Gasteiger partial charge in [0, 0.05) is 6.04 Å². The minimum absolute atomic E-state index is 0.906. The van der Waals surface area contributed by atoms with Crippen LogP contribution < -0.4 is 0 Å². The summed E-state index contributed by atoms with van der Waals surface area (Å²) in [6, 6.07) is 0.906. The second-order valence-electron chi connectivity index (χ2n) is 6.30. The molecule has 1 rings (SSSR count). The standard InChI is InChI=1S/C17H35N/c1-4-6-8-10-13-16(12-9-7-5-2)17-14-11-15-18(17)3/h16-17H,4-15H2,1-3H3. The largest absolute Gasteiger partial charge is 0.303 e. The van der Waals surface area contributed by atoms with E-state index in [0.29, 0.717) is 0 Å².